The van der Waals surface area contributed by atoms with Crippen molar-refractivity contribution in [2.45, 2.75) is 33.7 Å². The highest BCUT2D eigenvalue weighted by molar-refractivity contribution is 7.13. The SMILES string of the molecule is CCOC(=O)c1sc(C(N)C(C)C)nc1C. The molecule has 0 aliphatic heterocycles. The predicted molar refractivity (Wildman–Crippen MR) is 64.6 cm³/mol. The molecule has 0 bridgehead atoms. The number of nitrogens with two attached hydrogens (primary N) is 1. The van der Waals surface area contributed by atoms with Crippen molar-refractivity contribution < 1.29 is 9.53 Å². The molecule has 16 heavy (non-hydrogen) atoms. The van der Waals surface area contributed by atoms with Crippen LogP contribution >= 0.6 is 11.3 Å². The van der Waals surface area contributed by atoms with Crippen LogP contribution in [0.2, 0.25) is 0 Å². The lowest BCUT2D eigenvalue weighted by atomic mass is 10.1. The van der Waals surface area contributed by atoms with Crippen molar-refractivity contribution in [3.63, 3.8) is 0 Å². The number of esters is 1. The fourth-order valence-corrected chi connectivity index (χ4v) is 2.37. The molecule has 0 saturated carbocycles. The maximum Gasteiger partial charge on any atom is 0.350 e. The van der Waals surface area contributed by atoms with Crippen LogP contribution in [0.4, 0.5) is 0 Å². The smallest absolute Gasteiger partial charge is 0.350 e. The lowest BCUT2D eigenvalue weighted by molar-refractivity contribution is 0.0531. The molecule has 1 aromatic heterocycles. The quantitative estimate of drug-likeness (QED) is 0.823. The van der Waals surface area contributed by atoms with Crippen LogP contribution in [0.3, 0.4) is 0 Å². The van der Waals surface area contributed by atoms with Crippen molar-refractivity contribution in [3.05, 3.63) is 15.6 Å². The van der Waals surface area contributed by atoms with E-state index in [1.54, 1.807) is 13.8 Å². The number of carbonyl (C=O) groups excluding carboxylic acids is 1. The molecule has 0 fully saturated rings. The molecule has 0 aliphatic rings. The topological polar surface area (TPSA) is 65.2 Å². The molecule has 1 unspecified atom stereocenters. The molecule has 4 nitrogen and oxygen atoms in total. The molecule has 5 heteroatoms. The van der Waals surface area contributed by atoms with E-state index < -0.39 is 0 Å². The first-order valence-corrected chi connectivity index (χ1v) is 6.19. The summed E-state index contributed by atoms with van der Waals surface area (Å²) in [6, 6.07) is -0.119. The molecule has 0 spiro atoms. The molecule has 1 aromatic rings. The molecule has 1 heterocycles. The fraction of sp³-hybridized carbons (Fsp3) is 0.636. The average Bonchev–Trinajstić information content (AvgIpc) is 2.59. The van der Waals surface area contributed by atoms with E-state index in [1.165, 1.54) is 11.3 Å². The largest absolute Gasteiger partial charge is 0.462 e. The highest BCUT2D eigenvalue weighted by atomic mass is 32.1. The highest BCUT2D eigenvalue weighted by Crippen LogP contribution is 2.26. The molecule has 0 amide bonds. The van der Waals surface area contributed by atoms with Crippen LogP contribution in [0.1, 0.15) is 47.2 Å². The summed E-state index contributed by atoms with van der Waals surface area (Å²) in [5, 5.41) is 0.801. The molecule has 0 aliphatic carbocycles. The van der Waals surface area contributed by atoms with Crippen molar-refractivity contribution in [2.75, 3.05) is 6.61 Å². The summed E-state index contributed by atoms with van der Waals surface area (Å²) in [5.74, 6) is 0.000279. The molecule has 0 saturated heterocycles. The van der Waals surface area contributed by atoms with Crippen molar-refractivity contribution in [1.82, 2.24) is 4.98 Å². The van der Waals surface area contributed by atoms with Crippen molar-refractivity contribution in [1.29, 1.82) is 0 Å². The number of hydrogen-bond donors (Lipinski definition) is 1. The van der Waals surface area contributed by atoms with Gasteiger partial charge in [0.15, 0.2) is 0 Å². The predicted octanol–water partition coefficient (Wildman–Crippen LogP) is 2.28. The zero-order valence-corrected chi connectivity index (χ0v) is 10.9. The number of aryl methyl sites for hydroxylation is 1. The third-order valence-corrected chi connectivity index (χ3v) is 3.52. The van der Waals surface area contributed by atoms with Crippen LogP contribution in [-0.4, -0.2) is 17.6 Å². The van der Waals surface area contributed by atoms with Gasteiger partial charge in [-0.05, 0) is 19.8 Å². The van der Waals surface area contributed by atoms with E-state index in [4.69, 9.17) is 10.5 Å². The van der Waals surface area contributed by atoms with Gasteiger partial charge in [-0.15, -0.1) is 11.3 Å². The number of carbonyl (C=O) groups is 1. The van der Waals surface area contributed by atoms with Gasteiger partial charge < -0.3 is 10.5 Å². The Morgan fingerprint density at radius 1 is 1.56 bits per heavy atom. The van der Waals surface area contributed by atoms with Gasteiger partial charge in [0, 0.05) is 0 Å². The van der Waals surface area contributed by atoms with E-state index in [1.807, 2.05) is 13.8 Å². The van der Waals surface area contributed by atoms with Gasteiger partial charge in [-0.2, -0.15) is 0 Å². The van der Waals surface area contributed by atoms with Crippen LogP contribution < -0.4 is 5.73 Å². The minimum atomic E-state index is -0.306. The van der Waals surface area contributed by atoms with E-state index in [9.17, 15) is 4.79 Å². The number of ether oxygens (including phenoxy) is 1. The standard InChI is InChI=1S/C11H18N2O2S/c1-5-15-11(14)9-7(4)13-10(16-9)8(12)6(2)3/h6,8H,5,12H2,1-4H3. The summed E-state index contributed by atoms with van der Waals surface area (Å²) in [5.41, 5.74) is 6.69. The van der Waals surface area contributed by atoms with Crippen LogP contribution in [0.25, 0.3) is 0 Å². The van der Waals surface area contributed by atoms with Crippen molar-refractivity contribution in [2.24, 2.45) is 11.7 Å². The van der Waals surface area contributed by atoms with Crippen LogP contribution in [-0.2, 0) is 4.74 Å². The Morgan fingerprint density at radius 2 is 2.19 bits per heavy atom. The summed E-state index contributed by atoms with van der Waals surface area (Å²) in [7, 11) is 0. The minimum Gasteiger partial charge on any atom is -0.462 e. The summed E-state index contributed by atoms with van der Waals surface area (Å²) < 4.78 is 4.95. The van der Waals surface area contributed by atoms with Gasteiger partial charge in [-0.1, -0.05) is 13.8 Å². The third kappa shape index (κ3) is 2.80. The molecule has 0 radical (unpaired) electrons. The second kappa shape index (κ2) is 5.41. The minimum absolute atomic E-state index is 0.119. The summed E-state index contributed by atoms with van der Waals surface area (Å²) >= 11 is 1.33. The second-order valence-corrected chi connectivity index (χ2v) is 4.99. The molecule has 2 N–H and O–H groups in total. The Balaban J connectivity index is 2.93. The molecule has 0 aromatic carbocycles. The van der Waals surface area contributed by atoms with Gasteiger partial charge in [0.2, 0.25) is 0 Å². The Hall–Kier alpha value is -0.940. The molecular formula is C11H18N2O2S. The lowest BCUT2D eigenvalue weighted by Crippen LogP contribution is -2.16. The molecule has 90 valence electrons. The van der Waals surface area contributed by atoms with Crippen molar-refractivity contribution >= 4 is 17.3 Å². The Kier molecular flexibility index (Phi) is 4.44. The average molecular weight is 242 g/mol. The van der Waals surface area contributed by atoms with Gasteiger partial charge in [0.25, 0.3) is 0 Å². The Labute approximate surface area is 99.8 Å². The zero-order chi connectivity index (χ0) is 12.3. The highest BCUT2D eigenvalue weighted by Gasteiger charge is 2.21. The van der Waals surface area contributed by atoms with Crippen LogP contribution in [0.5, 0.6) is 0 Å². The Bertz CT molecular complexity index is 374. The van der Waals surface area contributed by atoms with Gasteiger partial charge in [0.05, 0.1) is 18.3 Å². The maximum atomic E-state index is 11.6. The second-order valence-electron chi connectivity index (χ2n) is 3.96. The van der Waals surface area contributed by atoms with Gasteiger partial charge in [-0.25, -0.2) is 9.78 Å². The number of hydrogen-bond acceptors (Lipinski definition) is 5. The first kappa shape index (κ1) is 13.1. The number of aromatic nitrogens is 1. The fourth-order valence-electron chi connectivity index (χ4n) is 1.23. The first-order chi connectivity index (χ1) is 7.47. The zero-order valence-electron chi connectivity index (χ0n) is 10.1. The lowest BCUT2D eigenvalue weighted by Gasteiger charge is -2.11. The van der Waals surface area contributed by atoms with Crippen LogP contribution in [0.15, 0.2) is 0 Å². The molecule has 1 atom stereocenters. The van der Waals surface area contributed by atoms with Crippen molar-refractivity contribution in [3.8, 4) is 0 Å². The van der Waals surface area contributed by atoms with Crippen LogP contribution in [0, 0.1) is 12.8 Å². The van der Waals surface area contributed by atoms with E-state index >= 15 is 0 Å². The normalized spacial score (nSPS) is 12.9. The van der Waals surface area contributed by atoms with E-state index in [2.05, 4.69) is 4.98 Å². The van der Waals surface area contributed by atoms with Gasteiger partial charge in [0.1, 0.15) is 9.88 Å². The maximum absolute atomic E-state index is 11.6. The number of rotatable bonds is 4. The summed E-state index contributed by atoms with van der Waals surface area (Å²) in [4.78, 5) is 16.5. The number of thiazole rings is 1. The summed E-state index contributed by atoms with van der Waals surface area (Å²) in [6.07, 6.45) is 0. The monoisotopic (exact) mass is 242 g/mol. The Morgan fingerprint density at radius 3 is 2.69 bits per heavy atom. The summed E-state index contributed by atoms with van der Waals surface area (Å²) in [6.45, 7) is 8.03. The van der Waals surface area contributed by atoms with Gasteiger partial charge >= 0.3 is 5.97 Å². The third-order valence-electron chi connectivity index (χ3n) is 2.28. The van der Waals surface area contributed by atoms with E-state index in [0.717, 1.165) is 5.01 Å². The van der Waals surface area contributed by atoms with E-state index in [0.29, 0.717) is 23.1 Å². The first-order valence-electron chi connectivity index (χ1n) is 5.37. The number of nitrogens with zero attached hydrogens (tertiary/aromatic N) is 1. The molecular weight excluding hydrogens is 224 g/mol. The molecule has 1 rings (SSSR count). The van der Waals surface area contributed by atoms with E-state index in [-0.39, 0.29) is 12.0 Å². The van der Waals surface area contributed by atoms with Gasteiger partial charge in [-0.3, -0.25) is 0 Å².